The van der Waals surface area contributed by atoms with Crippen LogP contribution in [0.5, 0.6) is 0 Å². The number of hydrogen-bond acceptors (Lipinski definition) is 1. The lowest BCUT2D eigenvalue weighted by Crippen LogP contribution is -2.39. The molecule has 1 fully saturated rings. The van der Waals surface area contributed by atoms with Crippen LogP contribution in [0.15, 0.2) is 16.6 Å². The molecule has 1 aromatic carbocycles. The largest absolute Gasteiger partial charge is 0.321 e. The summed E-state index contributed by atoms with van der Waals surface area (Å²) in [6.07, 6.45) is 5.21. The summed E-state index contributed by atoms with van der Waals surface area (Å²) < 4.78 is 15.0. The summed E-state index contributed by atoms with van der Waals surface area (Å²) in [6.45, 7) is 1.79. The van der Waals surface area contributed by atoms with Crippen LogP contribution in [0.1, 0.15) is 43.2 Å². The fraction of sp³-hybridized carbons (Fsp3) is 0.538. The molecule has 0 spiro atoms. The van der Waals surface area contributed by atoms with Gasteiger partial charge in [-0.05, 0) is 31.4 Å². The number of halogens is 2. The first-order valence-corrected chi connectivity index (χ1v) is 6.58. The van der Waals surface area contributed by atoms with Crippen molar-refractivity contribution in [3.8, 4) is 0 Å². The highest BCUT2D eigenvalue weighted by Crippen LogP contribution is 2.37. The first-order valence-electron chi connectivity index (χ1n) is 5.78. The summed E-state index contributed by atoms with van der Waals surface area (Å²) in [6, 6.07) is 3.73. The summed E-state index contributed by atoms with van der Waals surface area (Å²) >= 11 is 3.34. The van der Waals surface area contributed by atoms with Crippen molar-refractivity contribution in [2.75, 3.05) is 0 Å². The molecule has 1 saturated carbocycles. The van der Waals surface area contributed by atoms with E-state index >= 15 is 0 Å². The van der Waals surface area contributed by atoms with Crippen molar-refractivity contribution < 1.29 is 4.39 Å². The Labute approximate surface area is 104 Å². The average molecular weight is 286 g/mol. The van der Waals surface area contributed by atoms with Crippen molar-refractivity contribution >= 4 is 15.9 Å². The van der Waals surface area contributed by atoms with Gasteiger partial charge in [-0.25, -0.2) is 4.39 Å². The van der Waals surface area contributed by atoms with E-state index in [1.807, 2.05) is 12.1 Å². The van der Waals surface area contributed by atoms with Crippen molar-refractivity contribution in [1.29, 1.82) is 0 Å². The molecule has 0 amide bonds. The van der Waals surface area contributed by atoms with Crippen LogP contribution in [0.25, 0.3) is 0 Å². The second kappa shape index (κ2) is 4.46. The van der Waals surface area contributed by atoms with Gasteiger partial charge in [0.2, 0.25) is 0 Å². The minimum atomic E-state index is -0.451. The molecule has 0 aromatic heterocycles. The highest BCUT2D eigenvalue weighted by molar-refractivity contribution is 9.10. The van der Waals surface area contributed by atoms with Crippen molar-refractivity contribution in [2.24, 2.45) is 5.73 Å². The van der Waals surface area contributed by atoms with Crippen LogP contribution < -0.4 is 5.73 Å². The van der Waals surface area contributed by atoms with Crippen LogP contribution >= 0.6 is 15.9 Å². The predicted octanol–water partition coefficient (Wildman–Crippen LogP) is 4.01. The molecule has 0 aliphatic heterocycles. The highest BCUT2D eigenvalue weighted by Gasteiger charge is 2.32. The molecular formula is C13H17BrFN. The van der Waals surface area contributed by atoms with Gasteiger partial charge in [0.1, 0.15) is 5.82 Å². The standard InChI is InChI=1S/C13H17BrFN/c1-9-11(14)6-5-10(12(9)15)13(16)7-3-2-4-8-13/h5-6H,2-4,7-8,16H2,1H3. The third-order valence-electron chi connectivity index (χ3n) is 3.60. The zero-order valence-electron chi connectivity index (χ0n) is 9.52. The summed E-state index contributed by atoms with van der Waals surface area (Å²) in [5.41, 5.74) is 7.24. The van der Waals surface area contributed by atoms with E-state index < -0.39 is 5.54 Å². The van der Waals surface area contributed by atoms with Gasteiger partial charge in [0.25, 0.3) is 0 Å². The summed E-state index contributed by atoms with van der Waals surface area (Å²) in [7, 11) is 0. The third kappa shape index (κ3) is 2.03. The summed E-state index contributed by atoms with van der Waals surface area (Å²) in [5.74, 6) is -0.140. The average Bonchev–Trinajstić information content (AvgIpc) is 2.27. The van der Waals surface area contributed by atoms with E-state index in [1.54, 1.807) is 6.92 Å². The molecule has 2 N–H and O–H groups in total. The molecule has 1 aliphatic carbocycles. The van der Waals surface area contributed by atoms with Gasteiger partial charge < -0.3 is 5.73 Å². The fourth-order valence-corrected chi connectivity index (χ4v) is 2.80. The van der Waals surface area contributed by atoms with Crippen LogP contribution in [-0.4, -0.2) is 0 Å². The number of rotatable bonds is 1. The molecule has 3 heteroatoms. The number of hydrogen-bond donors (Lipinski definition) is 1. The molecule has 0 bridgehead atoms. The summed E-state index contributed by atoms with van der Waals surface area (Å²) in [5, 5.41) is 0. The second-order valence-electron chi connectivity index (χ2n) is 4.75. The SMILES string of the molecule is Cc1c(Br)ccc(C2(N)CCCCC2)c1F. The van der Waals surface area contributed by atoms with Gasteiger partial charge in [-0.3, -0.25) is 0 Å². The Balaban J connectivity index is 2.43. The molecular weight excluding hydrogens is 269 g/mol. The molecule has 2 rings (SSSR count). The lowest BCUT2D eigenvalue weighted by Gasteiger charge is -2.34. The van der Waals surface area contributed by atoms with Crippen molar-refractivity contribution in [1.82, 2.24) is 0 Å². The quantitative estimate of drug-likeness (QED) is 0.829. The Hall–Kier alpha value is -0.410. The van der Waals surface area contributed by atoms with Gasteiger partial charge in [-0.1, -0.05) is 41.3 Å². The molecule has 0 radical (unpaired) electrons. The maximum Gasteiger partial charge on any atom is 0.132 e. The van der Waals surface area contributed by atoms with Crippen LogP contribution in [0.3, 0.4) is 0 Å². The zero-order chi connectivity index (χ0) is 11.8. The maximum absolute atomic E-state index is 14.2. The van der Waals surface area contributed by atoms with Crippen LogP contribution in [-0.2, 0) is 5.54 Å². The Morgan fingerprint density at radius 1 is 1.25 bits per heavy atom. The van der Waals surface area contributed by atoms with Crippen molar-refractivity contribution in [3.05, 3.63) is 33.5 Å². The Bertz CT molecular complexity index is 397. The van der Waals surface area contributed by atoms with Crippen LogP contribution in [0.4, 0.5) is 4.39 Å². The van der Waals surface area contributed by atoms with Crippen molar-refractivity contribution in [3.63, 3.8) is 0 Å². The van der Waals surface area contributed by atoms with E-state index in [0.29, 0.717) is 11.1 Å². The molecule has 0 heterocycles. The maximum atomic E-state index is 14.2. The van der Waals surface area contributed by atoms with E-state index in [2.05, 4.69) is 15.9 Å². The molecule has 88 valence electrons. The molecule has 1 aliphatic rings. The van der Waals surface area contributed by atoms with Gasteiger partial charge in [0, 0.05) is 15.6 Å². The van der Waals surface area contributed by atoms with Gasteiger partial charge in [-0.15, -0.1) is 0 Å². The van der Waals surface area contributed by atoms with Gasteiger partial charge in [-0.2, -0.15) is 0 Å². The van der Waals surface area contributed by atoms with Crippen LogP contribution in [0.2, 0.25) is 0 Å². The minimum Gasteiger partial charge on any atom is -0.321 e. The topological polar surface area (TPSA) is 26.0 Å². The number of nitrogens with two attached hydrogens (primary N) is 1. The third-order valence-corrected chi connectivity index (χ3v) is 4.46. The van der Waals surface area contributed by atoms with E-state index in [4.69, 9.17) is 5.73 Å². The Kier molecular flexibility index (Phi) is 3.36. The molecule has 0 unspecified atom stereocenters. The second-order valence-corrected chi connectivity index (χ2v) is 5.61. The monoisotopic (exact) mass is 285 g/mol. The zero-order valence-corrected chi connectivity index (χ0v) is 11.1. The van der Waals surface area contributed by atoms with Crippen molar-refractivity contribution in [2.45, 2.75) is 44.6 Å². The Morgan fingerprint density at radius 2 is 1.88 bits per heavy atom. The van der Waals surface area contributed by atoms with Gasteiger partial charge in [0.05, 0.1) is 0 Å². The Morgan fingerprint density at radius 3 is 2.50 bits per heavy atom. The molecule has 0 saturated heterocycles. The molecule has 16 heavy (non-hydrogen) atoms. The highest BCUT2D eigenvalue weighted by atomic mass is 79.9. The smallest absolute Gasteiger partial charge is 0.132 e. The van der Waals surface area contributed by atoms with Crippen LogP contribution in [0, 0.1) is 12.7 Å². The fourth-order valence-electron chi connectivity index (χ4n) is 2.50. The minimum absolute atomic E-state index is 0.140. The van der Waals surface area contributed by atoms with E-state index in [1.165, 1.54) is 6.42 Å². The van der Waals surface area contributed by atoms with E-state index in [9.17, 15) is 4.39 Å². The summed E-state index contributed by atoms with van der Waals surface area (Å²) in [4.78, 5) is 0. The lowest BCUT2D eigenvalue weighted by atomic mass is 9.77. The first kappa shape index (κ1) is 12.1. The normalized spacial score (nSPS) is 19.8. The van der Waals surface area contributed by atoms with Gasteiger partial charge >= 0.3 is 0 Å². The predicted molar refractivity (Wildman–Crippen MR) is 67.8 cm³/mol. The lowest BCUT2D eigenvalue weighted by molar-refractivity contribution is 0.292. The number of benzene rings is 1. The molecule has 1 aromatic rings. The molecule has 1 nitrogen and oxygen atoms in total. The first-order chi connectivity index (χ1) is 7.54. The van der Waals surface area contributed by atoms with Gasteiger partial charge in [0.15, 0.2) is 0 Å². The molecule has 0 atom stereocenters. The van der Waals surface area contributed by atoms with E-state index in [-0.39, 0.29) is 5.82 Å². The van der Waals surface area contributed by atoms with E-state index in [0.717, 1.165) is 30.2 Å².